The number of nitrogens with one attached hydrogen (secondary N) is 1. The molecule has 2 aromatic heterocycles. The molecule has 0 saturated carbocycles. The number of benzene rings is 1. The summed E-state index contributed by atoms with van der Waals surface area (Å²) in [6.07, 6.45) is 1.64. The summed E-state index contributed by atoms with van der Waals surface area (Å²) < 4.78 is 4.99. The summed E-state index contributed by atoms with van der Waals surface area (Å²) >= 11 is 13.2. The molecule has 3 aromatic rings. The minimum Gasteiger partial charge on any atom is -0.455 e. The highest BCUT2D eigenvalue weighted by Crippen LogP contribution is 2.25. The highest BCUT2D eigenvalue weighted by Gasteiger charge is 2.13. The first-order chi connectivity index (χ1) is 13.0. The molecule has 0 aliphatic carbocycles. The van der Waals surface area contributed by atoms with Crippen molar-refractivity contribution in [3.63, 3.8) is 0 Å². The molecule has 0 aliphatic heterocycles. The summed E-state index contributed by atoms with van der Waals surface area (Å²) in [5, 5.41) is 5.78. The zero-order chi connectivity index (χ0) is 19.2. The minimum absolute atomic E-state index is 0.0332. The van der Waals surface area contributed by atoms with Gasteiger partial charge < -0.3 is 10.1 Å². The molecule has 3 rings (SSSR count). The number of rotatable bonds is 6. The van der Waals surface area contributed by atoms with Crippen LogP contribution in [0.15, 0.2) is 48.0 Å². The zero-order valence-electron chi connectivity index (χ0n) is 13.8. The van der Waals surface area contributed by atoms with Crippen molar-refractivity contribution in [1.82, 2.24) is 9.97 Å². The first-order valence-corrected chi connectivity index (χ1v) is 9.41. The molecule has 0 radical (unpaired) electrons. The second kappa shape index (κ2) is 8.94. The molecule has 0 saturated heterocycles. The Kier molecular flexibility index (Phi) is 6.39. The van der Waals surface area contributed by atoms with Crippen molar-refractivity contribution in [3.05, 3.63) is 63.7 Å². The molecule has 6 nitrogen and oxygen atoms in total. The lowest BCUT2D eigenvalue weighted by Gasteiger charge is -2.08. The van der Waals surface area contributed by atoms with Gasteiger partial charge in [0.1, 0.15) is 5.01 Å². The summed E-state index contributed by atoms with van der Waals surface area (Å²) in [7, 11) is 0. The fraction of sp³-hybridized carbons (Fsp3) is 0.111. The molecule has 1 amide bonds. The number of ether oxygens (including phenoxy) is 1. The van der Waals surface area contributed by atoms with Gasteiger partial charge in [0.15, 0.2) is 6.61 Å². The Morgan fingerprint density at radius 2 is 2.04 bits per heavy atom. The van der Waals surface area contributed by atoms with Crippen LogP contribution in [-0.2, 0) is 20.7 Å². The monoisotopic (exact) mass is 421 g/mol. The van der Waals surface area contributed by atoms with E-state index in [9.17, 15) is 9.59 Å². The van der Waals surface area contributed by atoms with Crippen molar-refractivity contribution >= 4 is 52.1 Å². The number of pyridine rings is 1. The van der Waals surface area contributed by atoms with Gasteiger partial charge >= 0.3 is 5.97 Å². The maximum Gasteiger partial charge on any atom is 0.312 e. The maximum atomic E-state index is 11.9. The van der Waals surface area contributed by atoms with Crippen molar-refractivity contribution in [1.29, 1.82) is 0 Å². The molecule has 0 fully saturated rings. The topological polar surface area (TPSA) is 81.2 Å². The molecule has 9 heteroatoms. The van der Waals surface area contributed by atoms with Gasteiger partial charge in [-0.05, 0) is 30.3 Å². The Bertz CT molecular complexity index is 963. The Balaban J connectivity index is 1.50. The molecule has 1 aromatic carbocycles. The van der Waals surface area contributed by atoms with Gasteiger partial charge in [-0.2, -0.15) is 0 Å². The van der Waals surface area contributed by atoms with Crippen molar-refractivity contribution in [3.8, 4) is 10.7 Å². The molecular formula is C18H13Cl2N3O3S. The SMILES string of the molecule is O=C(COC(=O)Cc1csc(-c2ccccn2)n1)Nc1cc(Cl)ccc1Cl. The van der Waals surface area contributed by atoms with E-state index in [1.807, 2.05) is 18.2 Å². The number of anilines is 1. The molecule has 27 heavy (non-hydrogen) atoms. The number of carbonyl (C=O) groups excluding carboxylic acids is 2. The van der Waals surface area contributed by atoms with E-state index in [-0.39, 0.29) is 6.42 Å². The second-order valence-electron chi connectivity index (χ2n) is 5.37. The van der Waals surface area contributed by atoms with Crippen LogP contribution in [0, 0.1) is 0 Å². The van der Waals surface area contributed by atoms with Crippen LogP contribution in [0.1, 0.15) is 5.69 Å². The normalized spacial score (nSPS) is 10.4. The number of nitrogens with zero attached hydrogens (tertiary/aromatic N) is 2. The third-order valence-corrected chi connectivity index (χ3v) is 4.81. The number of aromatic nitrogens is 2. The fourth-order valence-electron chi connectivity index (χ4n) is 2.12. The number of amides is 1. The van der Waals surface area contributed by atoms with Gasteiger partial charge in [0.05, 0.1) is 28.5 Å². The first-order valence-electron chi connectivity index (χ1n) is 7.77. The Labute approximate surface area is 169 Å². The molecule has 1 N–H and O–H groups in total. The van der Waals surface area contributed by atoms with E-state index in [0.717, 1.165) is 5.69 Å². The fourth-order valence-corrected chi connectivity index (χ4v) is 3.25. The number of hydrogen-bond donors (Lipinski definition) is 1. The van der Waals surface area contributed by atoms with Crippen LogP contribution in [0.3, 0.4) is 0 Å². The largest absolute Gasteiger partial charge is 0.455 e. The minimum atomic E-state index is -0.555. The third-order valence-electron chi connectivity index (χ3n) is 3.33. The van der Waals surface area contributed by atoms with Crippen LogP contribution < -0.4 is 5.32 Å². The van der Waals surface area contributed by atoms with E-state index < -0.39 is 18.5 Å². The van der Waals surface area contributed by atoms with Gasteiger partial charge in [0.2, 0.25) is 0 Å². The average molecular weight is 422 g/mol. The predicted octanol–water partition coefficient (Wildman–Crippen LogP) is 4.24. The number of carbonyl (C=O) groups is 2. The maximum absolute atomic E-state index is 11.9. The lowest BCUT2D eigenvalue weighted by molar-refractivity contribution is -0.146. The molecule has 0 atom stereocenters. The molecule has 2 heterocycles. The van der Waals surface area contributed by atoms with Crippen molar-refractivity contribution in [2.75, 3.05) is 11.9 Å². The number of esters is 1. The van der Waals surface area contributed by atoms with Crippen LogP contribution in [-0.4, -0.2) is 28.5 Å². The lowest BCUT2D eigenvalue weighted by Crippen LogP contribution is -2.21. The highest BCUT2D eigenvalue weighted by molar-refractivity contribution is 7.13. The van der Waals surface area contributed by atoms with Crippen molar-refractivity contribution < 1.29 is 14.3 Å². The van der Waals surface area contributed by atoms with E-state index in [4.69, 9.17) is 27.9 Å². The van der Waals surface area contributed by atoms with Crippen LogP contribution in [0.2, 0.25) is 10.0 Å². The van der Waals surface area contributed by atoms with E-state index >= 15 is 0 Å². The quantitative estimate of drug-likeness (QED) is 0.601. The van der Waals surface area contributed by atoms with Crippen LogP contribution >= 0.6 is 34.5 Å². The standard InChI is InChI=1S/C18H13Cl2N3O3S/c19-11-4-5-13(20)15(7-11)23-16(24)9-26-17(25)8-12-10-27-18(22-12)14-3-1-2-6-21-14/h1-7,10H,8-9H2,(H,23,24). The number of thiazole rings is 1. The summed E-state index contributed by atoms with van der Waals surface area (Å²) in [5.74, 6) is -1.07. The van der Waals surface area contributed by atoms with Gasteiger partial charge in [-0.15, -0.1) is 11.3 Å². The molecule has 0 aliphatic rings. The van der Waals surface area contributed by atoms with Crippen LogP contribution in [0.4, 0.5) is 5.69 Å². The summed E-state index contributed by atoms with van der Waals surface area (Å²) in [6, 6.07) is 10.2. The van der Waals surface area contributed by atoms with E-state index in [2.05, 4.69) is 15.3 Å². The smallest absolute Gasteiger partial charge is 0.312 e. The zero-order valence-corrected chi connectivity index (χ0v) is 16.1. The van der Waals surface area contributed by atoms with E-state index in [1.54, 1.807) is 23.7 Å². The Morgan fingerprint density at radius 1 is 1.19 bits per heavy atom. The summed E-state index contributed by atoms with van der Waals surface area (Å²) in [4.78, 5) is 32.4. The Hall–Kier alpha value is -2.48. The Morgan fingerprint density at radius 3 is 2.81 bits per heavy atom. The number of hydrogen-bond acceptors (Lipinski definition) is 6. The van der Waals surface area contributed by atoms with E-state index in [0.29, 0.717) is 26.4 Å². The summed E-state index contributed by atoms with van der Waals surface area (Å²) in [5.41, 5.74) is 1.65. The van der Waals surface area contributed by atoms with Crippen LogP contribution in [0.25, 0.3) is 10.7 Å². The molecule has 0 spiro atoms. The van der Waals surface area contributed by atoms with Gasteiger partial charge in [-0.3, -0.25) is 14.6 Å². The first kappa shape index (κ1) is 19.3. The number of halogens is 2. The molecule has 0 unspecified atom stereocenters. The molecule has 0 bridgehead atoms. The van der Waals surface area contributed by atoms with Gasteiger partial charge in [0.25, 0.3) is 5.91 Å². The van der Waals surface area contributed by atoms with Crippen LogP contribution in [0.5, 0.6) is 0 Å². The van der Waals surface area contributed by atoms with Crippen molar-refractivity contribution in [2.45, 2.75) is 6.42 Å². The van der Waals surface area contributed by atoms with Gasteiger partial charge in [-0.1, -0.05) is 29.3 Å². The van der Waals surface area contributed by atoms with E-state index in [1.165, 1.54) is 17.4 Å². The van der Waals surface area contributed by atoms with Gasteiger partial charge in [0, 0.05) is 16.6 Å². The van der Waals surface area contributed by atoms with Crippen molar-refractivity contribution in [2.24, 2.45) is 0 Å². The lowest BCUT2D eigenvalue weighted by atomic mass is 10.3. The summed E-state index contributed by atoms with van der Waals surface area (Å²) in [6.45, 7) is -0.432. The highest BCUT2D eigenvalue weighted by atomic mass is 35.5. The second-order valence-corrected chi connectivity index (χ2v) is 7.07. The average Bonchev–Trinajstić information content (AvgIpc) is 3.12. The third kappa shape index (κ3) is 5.50. The predicted molar refractivity (Wildman–Crippen MR) is 105 cm³/mol. The molecule has 138 valence electrons. The molecular weight excluding hydrogens is 409 g/mol. The van der Waals surface area contributed by atoms with Gasteiger partial charge in [-0.25, -0.2) is 4.98 Å².